The number of hydrogen-bond donors (Lipinski definition) is 1. The Hall–Kier alpha value is -0.610. The number of amides is 1. The minimum Gasteiger partial charge on any atom is -0.375 e. The first-order valence-corrected chi connectivity index (χ1v) is 8.50. The Labute approximate surface area is 128 Å². The zero-order valence-electron chi connectivity index (χ0n) is 14.0. The summed E-state index contributed by atoms with van der Waals surface area (Å²) in [6.45, 7) is 9.97. The van der Waals surface area contributed by atoms with E-state index in [2.05, 4.69) is 24.1 Å². The second kappa shape index (κ2) is 4.95. The lowest BCUT2D eigenvalue weighted by Gasteiger charge is -2.48. The van der Waals surface area contributed by atoms with Crippen LogP contribution >= 0.6 is 0 Å². The average Bonchev–Trinajstić information content (AvgIpc) is 2.90. The first-order valence-electron chi connectivity index (χ1n) is 8.50. The summed E-state index contributed by atoms with van der Waals surface area (Å²) in [5, 5.41) is 3.67. The number of carbonyl (C=O) groups excluding carboxylic acids is 1. The van der Waals surface area contributed by atoms with Gasteiger partial charge in [-0.15, -0.1) is 0 Å². The molecule has 0 bridgehead atoms. The molecule has 3 aliphatic rings. The van der Waals surface area contributed by atoms with Gasteiger partial charge in [-0.3, -0.25) is 10.1 Å². The van der Waals surface area contributed by atoms with Gasteiger partial charge in [0.05, 0.1) is 23.4 Å². The highest BCUT2D eigenvalue weighted by Crippen LogP contribution is 2.42. The summed E-state index contributed by atoms with van der Waals surface area (Å²) >= 11 is 0. The van der Waals surface area contributed by atoms with Gasteiger partial charge in [-0.25, -0.2) is 0 Å². The van der Waals surface area contributed by atoms with Gasteiger partial charge in [0.25, 0.3) is 0 Å². The Bertz CT molecular complexity index is 427. The molecule has 1 atom stereocenters. The van der Waals surface area contributed by atoms with Crippen LogP contribution in [0.4, 0.5) is 0 Å². The van der Waals surface area contributed by atoms with Crippen LogP contribution in [0.2, 0.25) is 0 Å². The molecule has 1 saturated carbocycles. The molecule has 0 aromatic heterocycles. The molecule has 2 aliphatic heterocycles. The third-order valence-electron chi connectivity index (χ3n) is 5.48. The molecule has 2 saturated heterocycles. The van der Waals surface area contributed by atoms with Crippen LogP contribution in [0.3, 0.4) is 0 Å². The second-order valence-corrected chi connectivity index (χ2v) is 8.38. The minimum atomic E-state index is -0.452. The van der Waals surface area contributed by atoms with Crippen molar-refractivity contribution in [3.05, 3.63) is 0 Å². The topological polar surface area (TPSA) is 41.6 Å². The van der Waals surface area contributed by atoms with Gasteiger partial charge < -0.3 is 9.64 Å². The number of nitrogens with one attached hydrogen (secondary N) is 1. The van der Waals surface area contributed by atoms with Gasteiger partial charge in [0, 0.05) is 19.4 Å². The van der Waals surface area contributed by atoms with E-state index < -0.39 is 5.54 Å². The van der Waals surface area contributed by atoms with Crippen molar-refractivity contribution >= 4 is 5.91 Å². The first-order chi connectivity index (χ1) is 9.74. The lowest BCUT2D eigenvalue weighted by atomic mass is 9.86. The summed E-state index contributed by atoms with van der Waals surface area (Å²) in [5.41, 5.74) is -0.823. The monoisotopic (exact) mass is 294 g/mol. The van der Waals surface area contributed by atoms with Crippen LogP contribution in [0.25, 0.3) is 0 Å². The predicted molar refractivity (Wildman–Crippen MR) is 82.9 cm³/mol. The molecular formula is C17H30N2O2. The number of rotatable bonds is 2. The third kappa shape index (κ3) is 2.72. The maximum Gasteiger partial charge on any atom is 0.243 e. The molecule has 0 aromatic carbocycles. The zero-order chi connectivity index (χ0) is 15.3. The van der Waals surface area contributed by atoms with E-state index in [4.69, 9.17) is 4.74 Å². The maximum absolute atomic E-state index is 12.9. The number of nitrogens with zero attached hydrogens (tertiary/aromatic N) is 1. The quantitative estimate of drug-likeness (QED) is 0.851. The molecule has 3 fully saturated rings. The van der Waals surface area contributed by atoms with Crippen LogP contribution in [-0.4, -0.2) is 40.8 Å². The van der Waals surface area contributed by atoms with Crippen molar-refractivity contribution in [3.63, 3.8) is 0 Å². The van der Waals surface area contributed by atoms with Crippen molar-refractivity contribution < 1.29 is 9.53 Å². The fourth-order valence-corrected chi connectivity index (χ4v) is 4.62. The first kappa shape index (κ1) is 15.3. The average molecular weight is 294 g/mol. The van der Waals surface area contributed by atoms with Gasteiger partial charge in [-0.1, -0.05) is 12.8 Å². The largest absolute Gasteiger partial charge is 0.375 e. The van der Waals surface area contributed by atoms with Crippen molar-refractivity contribution in [1.29, 1.82) is 0 Å². The Morgan fingerprint density at radius 1 is 1.24 bits per heavy atom. The second-order valence-electron chi connectivity index (χ2n) is 8.38. The van der Waals surface area contributed by atoms with E-state index in [-0.39, 0.29) is 17.2 Å². The lowest BCUT2D eigenvalue weighted by Crippen LogP contribution is -2.61. The summed E-state index contributed by atoms with van der Waals surface area (Å²) in [7, 11) is 0. The van der Waals surface area contributed by atoms with Gasteiger partial charge in [0.1, 0.15) is 0 Å². The Kier molecular flexibility index (Phi) is 3.61. The Morgan fingerprint density at radius 2 is 1.90 bits per heavy atom. The zero-order valence-corrected chi connectivity index (χ0v) is 14.0. The van der Waals surface area contributed by atoms with E-state index in [0.29, 0.717) is 5.92 Å². The van der Waals surface area contributed by atoms with Crippen molar-refractivity contribution in [2.75, 3.05) is 13.2 Å². The summed E-state index contributed by atoms with van der Waals surface area (Å²) < 4.78 is 5.90. The van der Waals surface area contributed by atoms with Gasteiger partial charge in [-0.2, -0.15) is 0 Å². The number of carbonyl (C=O) groups is 1. The highest BCUT2D eigenvalue weighted by atomic mass is 16.5. The normalized spacial score (nSPS) is 35.8. The van der Waals surface area contributed by atoms with Crippen molar-refractivity contribution in [2.45, 2.75) is 83.0 Å². The Morgan fingerprint density at radius 3 is 2.52 bits per heavy atom. The molecule has 2 heterocycles. The van der Waals surface area contributed by atoms with Gasteiger partial charge >= 0.3 is 0 Å². The van der Waals surface area contributed by atoms with E-state index in [9.17, 15) is 4.79 Å². The number of hydrogen-bond acceptors (Lipinski definition) is 3. The molecule has 0 unspecified atom stereocenters. The van der Waals surface area contributed by atoms with E-state index in [1.807, 2.05) is 13.8 Å². The highest BCUT2D eigenvalue weighted by molar-refractivity contribution is 5.88. The smallest absolute Gasteiger partial charge is 0.243 e. The molecule has 3 rings (SSSR count). The van der Waals surface area contributed by atoms with Gasteiger partial charge in [0.15, 0.2) is 0 Å². The van der Waals surface area contributed by atoms with Crippen LogP contribution in [-0.2, 0) is 9.53 Å². The lowest BCUT2D eigenvalue weighted by molar-refractivity contribution is -0.146. The van der Waals surface area contributed by atoms with E-state index >= 15 is 0 Å². The molecule has 4 heteroatoms. The maximum atomic E-state index is 12.9. The molecule has 0 radical (unpaired) electrons. The number of ether oxygens (including phenoxy) is 1. The fraction of sp³-hybridized carbons (Fsp3) is 0.941. The molecule has 120 valence electrons. The van der Waals surface area contributed by atoms with Crippen LogP contribution in [0, 0.1) is 5.92 Å². The van der Waals surface area contributed by atoms with Crippen LogP contribution in [0.1, 0.15) is 66.2 Å². The van der Waals surface area contributed by atoms with Crippen molar-refractivity contribution in [3.8, 4) is 0 Å². The van der Waals surface area contributed by atoms with E-state index in [1.54, 1.807) is 0 Å². The van der Waals surface area contributed by atoms with Crippen LogP contribution < -0.4 is 5.32 Å². The van der Waals surface area contributed by atoms with Crippen molar-refractivity contribution in [2.24, 2.45) is 5.92 Å². The predicted octanol–water partition coefficient (Wildman–Crippen LogP) is 2.67. The van der Waals surface area contributed by atoms with Gasteiger partial charge in [-0.05, 0) is 46.5 Å². The van der Waals surface area contributed by atoms with E-state index in [0.717, 1.165) is 26.0 Å². The van der Waals surface area contributed by atoms with Crippen molar-refractivity contribution in [1.82, 2.24) is 10.2 Å². The molecule has 1 aliphatic carbocycles. The van der Waals surface area contributed by atoms with Crippen LogP contribution in [0.15, 0.2) is 0 Å². The van der Waals surface area contributed by atoms with E-state index in [1.165, 1.54) is 25.7 Å². The molecule has 4 nitrogen and oxygen atoms in total. The van der Waals surface area contributed by atoms with Crippen LogP contribution in [0.5, 0.6) is 0 Å². The molecule has 1 spiro atoms. The molecule has 1 N–H and O–H groups in total. The van der Waals surface area contributed by atoms with Gasteiger partial charge in [0.2, 0.25) is 5.91 Å². The highest BCUT2D eigenvalue weighted by Gasteiger charge is 2.57. The molecular weight excluding hydrogens is 264 g/mol. The summed E-state index contributed by atoms with van der Waals surface area (Å²) in [4.78, 5) is 15.1. The Balaban J connectivity index is 1.86. The standard InChI is InChI=1S/C17H30N2O2/c1-15(2)12-17(9-10-21-15)18-16(3,4)14(20)19(17)11-13-7-5-6-8-13/h13,18H,5-12H2,1-4H3/t17-/m0/s1. The summed E-state index contributed by atoms with van der Waals surface area (Å²) in [6, 6.07) is 0. The third-order valence-corrected chi connectivity index (χ3v) is 5.48. The SMILES string of the molecule is CC1(C)C[C@@]2(CCO1)NC(C)(C)C(=O)N2CC1CCCC1. The minimum absolute atomic E-state index is 0.167. The summed E-state index contributed by atoms with van der Waals surface area (Å²) in [6.07, 6.45) is 6.98. The summed E-state index contributed by atoms with van der Waals surface area (Å²) in [5.74, 6) is 0.958. The fourth-order valence-electron chi connectivity index (χ4n) is 4.62. The molecule has 21 heavy (non-hydrogen) atoms. The molecule has 1 amide bonds. The molecule has 0 aromatic rings.